The van der Waals surface area contributed by atoms with Crippen LogP contribution in [-0.4, -0.2) is 41.7 Å². The molecule has 1 aliphatic heterocycles. The molecule has 0 radical (unpaired) electrons. The molecule has 1 saturated heterocycles. The molecule has 0 aromatic heterocycles. The van der Waals surface area contributed by atoms with Gasteiger partial charge in [-0.1, -0.05) is 29.8 Å². The van der Waals surface area contributed by atoms with Crippen LogP contribution in [0.1, 0.15) is 23.7 Å². The highest BCUT2D eigenvalue weighted by molar-refractivity contribution is 7.99. The first kappa shape index (κ1) is 15.4. The molecule has 2 atom stereocenters. The Morgan fingerprint density at radius 2 is 2.25 bits per heavy atom. The lowest BCUT2D eigenvalue weighted by atomic mass is 10.1. The molecule has 0 spiro atoms. The van der Waals surface area contributed by atoms with E-state index >= 15 is 0 Å². The summed E-state index contributed by atoms with van der Waals surface area (Å²) < 4.78 is 0. The van der Waals surface area contributed by atoms with Crippen LogP contribution in [0.4, 0.5) is 0 Å². The molecule has 2 unspecified atom stereocenters. The van der Waals surface area contributed by atoms with Gasteiger partial charge in [-0.05, 0) is 12.5 Å². The zero-order chi connectivity index (χ0) is 14.4. The van der Waals surface area contributed by atoms with Crippen molar-refractivity contribution in [3.63, 3.8) is 0 Å². The molecule has 20 heavy (non-hydrogen) atoms. The Morgan fingerprint density at radius 1 is 1.50 bits per heavy atom. The minimum Gasteiger partial charge on any atom is -0.387 e. The van der Waals surface area contributed by atoms with Gasteiger partial charge in [-0.25, -0.2) is 0 Å². The van der Waals surface area contributed by atoms with Gasteiger partial charge in [0.1, 0.15) is 0 Å². The number of aliphatic hydroxyl groups is 1. The summed E-state index contributed by atoms with van der Waals surface area (Å²) >= 11 is 1.88. The Kier molecular flexibility index (Phi) is 5.88. The first-order chi connectivity index (χ1) is 9.65. The summed E-state index contributed by atoms with van der Waals surface area (Å²) in [5.41, 5.74) is 1.99. The zero-order valence-corrected chi connectivity index (χ0v) is 12.6. The average molecular weight is 294 g/mol. The molecule has 0 aliphatic carbocycles. The van der Waals surface area contributed by atoms with Gasteiger partial charge in [0.15, 0.2) is 0 Å². The number of carbonyl (C=O) groups is 1. The van der Waals surface area contributed by atoms with Gasteiger partial charge in [0.25, 0.3) is 0 Å². The predicted molar refractivity (Wildman–Crippen MR) is 82.9 cm³/mol. The minimum atomic E-state index is -0.645. The zero-order valence-electron chi connectivity index (χ0n) is 11.8. The van der Waals surface area contributed by atoms with Gasteiger partial charge < -0.3 is 15.7 Å². The van der Waals surface area contributed by atoms with E-state index in [-0.39, 0.29) is 18.5 Å². The van der Waals surface area contributed by atoms with Crippen LogP contribution in [0.2, 0.25) is 0 Å². The largest absolute Gasteiger partial charge is 0.387 e. The van der Waals surface area contributed by atoms with Gasteiger partial charge in [-0.15, -0.1) is 0 Å². The molecule has 0 saturated carbocycles. The summed E-state index contributed by atoms with van der Waals surface area (Å²) in [6.45, 7) is 3.24. The fourth-order valence-electron chi connectivity index (χ4n) is 2.16. The van der Waals surface area contributed by atoms with Gasteiger partial charge in [0.05, 0.1) is 6.10 Å². The maximum absolute atomic E-state index is 11.8. The summed E-state index contributed by atoms with van der Waals surface area (Å²) in [5.74, 6) is 2.09. The molecule has 1 amide bonds. The lowest BCUT2D eigenvalue weighted by Gasteiger charge is -2.22. The number of hydrogen-bond donors (Lipinski definition) is 3. The number of hydrogen-bond acceptors (Lipinski definition) is 4. The number of aliphatic hydroxyl groups excluding tert-OH is 1. The van der Waals surface area contributed by atoms with E-state index < -0.39 is 6.10 Å². The van der Waals surface area contributed by atoms with Crippen LogP contribution in [0.15, 0.2) is 24.3 Å². The van der Waals surface area contributed by atoms with Crippen molar-refractivity contribution < 1.29 is 9.90 Å². The molecule has 5 heteroatoms. The number of benzene rings is 1. The number of thioether (sulfide) groups is 1. The second-order valence-corrected chi connectivity index (χ2v) is 6.31. The fraction of sp³-hybridized carbons (Fsp3) is 0.533. The summed E-state index contributed by atoms with van der Waals surface area (Å²) in [5, 5.41) is 16.2. The van der Waals surface area contributed by atoms with Crippen LogP contribution in [0.25, 0.3) is 0 Å². The number of aryl methyl sites for hydroxylation is 1. The van der Waals surface area contributed by atoms with Crippen molar-refractivity contribution in [1.82, 2.24) is 10.6 Å². The maximum atomic E-state index is 11.8. The lowest BCUT2D eigenvalue weighted by Crippen LogP contribution is -2.41. The van der Waals surface area contributed by atoms with E-state index in [0.29, 0.717) is 6.42 Å². The first-order valence-corrected chi connectivity index (χ1v) is 8.13. The minimum absolute atomic E-state index is 0.00355. The molecular weight excluding hydrogens is 272 g/mol. The van der Waals surface area contributed by atoms with Crippen LogP contribution in [-0.2, 0) is 4.79 Å². The molecule has 1 aliphatic rings. The van der Waals surface area contributed by atoms with Crippen LogP contribution < -0.4 is 10.6 Å². The second-order valence-electron chi connectivity index (χ2n) is 5.16. The van der Waals surface area contributed by atoms with Gasteiger partial charge in [-0.2, -0.15) is 11.8 Å². The second kappa shape index (κ2) is 7.67. The molecule has 1 fully saturated rings. The first-order valence-electron chi connectivity index (χ1n) is 6.97. The molecule has 1 aromatic carbocycles. The quantitative estimate of drug-likeness (QED) is 0.765. The van der Waals surface area contributed by atoms with Gasteiger partial charge in [0.2, 0.25) is 5.91 Å². The van der Waals surface area contributed by atoms with Crippen LogP contribution in [0.3, 0.4) is 0 Å². The van der Waals surface area contributed by atoms with E-state index in [9.17, 15) is 9.90 Å². The molecule has 3 N–H and O–H groups in total. The monoisotopic (exact) mass is 294 g/mol. The van der Waals surface area contributed by atoms with Crippen LogP contribution >= 0.6 is 11.8 Å². The average Bonchev–Trinajstić information content (AvgIpc) is 2.46. The van der Waals surface area contributed by atoms with E-state index in [1.54, 1.807) is 0 Å². The highest BCUT2D eigenvalue weighted by atomic mass is 32.2. The highest BCUT2D eigenvalue weighted by Gasteiger charge is 2.17. The topological polar surface area (TPSA) is 61.4 Å². The van der Waals surface area contributed by atoms with Crippen molar-refractivity contribution in [3.8, 4) is 0 Å². The maximum Gasteiger partial charge on any atom is 0.221 e. The smallest absolute Gasteiger partial charge is 0.221 e. The lowest BCUT2D eigenvalue weighted by molar-refractivity contribution is -0.121. The standard InChI is InChI=1S/C15H22N2O2S/c1-11-2-4-12(5-3-11)14(18)9-17-15(19)8-13-10-20-7-6-16-13/h2-5,13-14,16,18H,6-10H2,1H3,(H,17,19). The number of carbonyl (C=O) groups excluding carboxylic acids is 1. The Hall–Kier alpha value is -1.04. The highest BCUT2D eigenvalue weighted by Crippen LogP contribution is 2.13. The van der Waals surface area contributed by atoms with Crippen LogP contribution in [0, 0.1) is 6.92 Å². The number of nitrogens with one attached hydrogen (secondary N) is 2. The van der Waals surface area contributed by atoms with Gasteiger partial charge in [-0.3, -0.25) is 4.79 Å². The van der Waals surface area contributed by atoms with Crippen molar-refractivity contribution in [2.75, 3.05) is 24.6 Å². The van der Waals surface area contributed by atoms with E-state index in [1.165, 1.54) is 0 Å². The summed E-state index contributed by atoms with van der Waals surface area (Å²) in [6.07, 6.45) is -0.165. The Labute approximate surface area is 124 Å². The van der Waals surface area contributed by atoms with E-state index in [4.69, 9.17) is 0 Å². The third-order valence-corrected chi connectivity index (χ3v) is 4.52. The predicted octanol–water partition coefficient (Wildman–Crippen LogP) is 1.24. The van der Waals surface area contributed by atoms with E-state index in [2.05, 4.69) is 10.6 Å². The summed E-state index contributed by atoms with van der Waals surface area (Å²) in [7, 11) is 0. The van der Waals surface area contributed by atoms with Crippen molar-refractivity contribution in [3.05, 3.63) is 35.4 Å². The number of rotatable bonds is 5. The molecule has 1 heterocycles. The molecule has 0 bridgehead atoms. The summed E-state index contributed by atoms with van der Waals surface area (Å²) in [6, 6.07) is 7.97. The van der Waals surface area contributed by atoms with Crippen LogP contribution in [0.5, 0.6) is 0 Å². The Balaban J connectivity index is 1.73. The third kappa shape index (κ3) is 4.81. The third-order valence-electron chi connectivity index (χ3n) is 3.38. The Bertz CT molecular complexity index is 430. The van der Waals surface area contributed by atoms with Crippen molar-refractivity contribution in [2.45, 2.75) is 25.5 Å². The van der Waals surface area contributed by atoms with Crippen molar-refractivity contribution in [1.29, 1.82) is 0 Å². The van der Waals surface area contributed by atoms with E-state index in [0.717, 1.165) is 29.2 Å². The summed E-state index contributed by atoms with van der Waals surface area (Å²) in [4.78, 5) is 11.8. The molecule has 110 valence electrons. The van der Waals surface area contributed by atoms with Gasteiger partial charge in [0, 0.05) is 37.1 Å². The Morgan fingerprint density at radius 3 is 2.90 bits per heavy atom. The van der Waals surface area contributed by atoms with Crippen molar-refractivity contribution >= 4 is 17.7 Å². The van der Waals surface area contributed by atoms with E-state index in [1.807, 2.05) is 43.0 Å². The molecule has 4 nitrogen and oxygen atoms in total. The SMILES string of the molecule is Cc1ccc(C(O)CNC(=O)CC2CSCCN2)cc1. The molecular formula is C15H22N2O2S. The van der Waals surface area contributed by atoms with Crippen molar-refractivity contribution in [2.24, 2.45) is 0 Å². The molecule has 2 rings (SSSR count). The fourth-order valence-corrected chi connectivity index (χ4v) is 3.11. The normalized spacial score (nSPS) is 20.4. The number of amides is 1. The van der Waals surface area contributed by atoms with Gasteiger partial charge >= 0.3 is 0 Å². The molecule has 1 aromatic rings.